The molecule has 0 spiro atoms. The summed E-state index contributed by atoms with van der Waals surface area (Å²) < 4.78 is 32.0. The second kappa shape index (κ2) is 9.70. The number of amides is 1. The Morgan fingerprint density at radius 2 is 1.68 bits per heavy atom. The van der Waals surface area contributed by atoms with Crippen molar-refractivity contribution in [3.8, 4) is 5.75 Å². The van der Waals surface area contributed by atoms with Crippen molar-refractivity contribution in [3.63, 3.8) is 0 Å². The number of carbonyl (C=O) groups is 1. The van der Waals surface area contributed by atoms with Crippen LogP contribution in [0.4, 0.5) is 11.4 Å². The lowest BCUT2D eigenvalue weighted by Crippen LogP contribution is -2.45. The first-order valence-corrected chi connectivity index (χ1v) is 12.3. The average Bonchev–Trinajstić information content (AvgIpc) is 2.71. The largest absolute Gasteiger partial charge is 0.490 e. The van der Waals surface area contributed by atoms with Crippen LogP contribution in [0.2, 0.25) is 0 Å². The Balaban J connectivity index is 1.65. The van der Waals surface area contributed by atoms with Crippen LogP contribution in [-0.2, 0) is 14.8 Å². The molecule has 2 aromatic rings. The zero-order valence-corrected chi connectivity index (χ0v) is 19.4. The van der Waals surface area contributed by atoms with Crippen LogP contribution in [0.1, 0.15) is 25.3 Å². The number of benzene rings is 2. The van der Waals surface area contributed by atoms with Crippen molar-refractivity contribution in [3.05, 3.63) is 54.1 Å². The fourth-order valence-corrected chi connectivity index (χ4v) is 4.83. The number of aryl methyl sites for hydroxylation is 1. The van der Waals surface area contributed by atoms with E-state index in [2.05, 4.69) is 17.3 Å². The third-order valence-electron chi connectivity index (χ3n) is 5.47. The van der Waals surface area contributed by atoms with E-state index < -0.39 is 22.0 Å². The van der Waals surface area contributed by atoms with Crippen LogP contribution in [0.25, 0.3) is 0 Å². The monoisotopic (exact) mass is 445 g/mol. The molecular weight excluding hydrogens is 414 g/mol. The number of piperidine rings is 1. The predicted molar refractivity (Wildman–Crippen MR) is 124 cm³/mol. The van der Waals surface area contributed by atoms with Crippen molar-refractivity contribution in [1.29, 1.82) is 0 Å². The van der Waals surface area contributed by atoms with Gasteiger partial charge in [-0.1, -0.05) is 17.7 Å². The van der Waals surface area contributed by atoms with E-state index in [1.807, 2.05) is 31.2 Å². The van der Waals surface area contributed by atoms with Crippen molar-refractivity contribution in [1.82, 2.24) is 4.90 Å². The number of hydrogen-bond acceptors (Lipinski definition) is 5. The maximum absolute atomic E-state index is 12.8. The van der Waals surface area contributed by atoms with Gasteiger partial charge in [-0.3, -0.25) is 9.10 Å². The van der Waals surface area contributed by atoms with Crippen LogP contribution in [0.5, 0.6) is 5.75 Å². The van der Waals surface area contributed by atoms with E-state index in [4.69, 9.17) is 4.74 Å². The highest BCUT2D eigenvalue weighted by Gasteiger charge is 2.29. The highest BCUT2D eigenvalue weighted by atomic mass is 32.2. The molecular formula is C23H31N3O4S. The molecule has 0 radical (unpaired) electrons. The molecule has 1 aliphatic rings. The van der Waals surface area contributed by atoms with Crippen LogP contribution < -0.4 is 14.4 Å². The Morgan fingerprint density at radius 1 is 1.10 bits per heavy atom. The minimum atomic E-state index is -3.65. The smallest absolute Gasteiger partial charge is 0.247 e. The molecule has 1 fully saturated rings. The van der Waals surface area contributed by atoms with Gasteiger partial charge in [-0.05, 0) is 70.1 Å². The average molecular weight is 446 g/mol. The van der Waals surface area contributed by atoms with Gasteiger partial charge in [0.2, 0.25) is 15.9 Å². The first kappa shape index (κ1) is 23.1. The lowest BCUT2D eigenvalue weighted by atomic mass is 10.1. The summed E-state index contributed by atoms with van der Waals surface area (Å²) >= 11 is 0. The number of nitrogens with one attached hydrogen (secondary N) is 1. The van der Waals surface area contributed by atoms with E-state index >= 15 is 0 Å². The number of carbonyl (C=O) groups excluding carboxylic acids is 1. The molecule has 1 heterocycles. The first-order chi connectivity index (χ1) is 14.6. The van der Waals surface area contributed by atoms with Crippen molar-refractivity contribution < 1.29 is 17.9 Å². The van der Waals surface area contributed by atoms with Crippen molar-refractivity contribution in [2.24, 2.45) is 0 Å². The summed E-state index contributed by atoms with van der Waals surface area (Å²) in [5.41, 5.74) is 2.06. The van der Waals surface area contributed by atoms with Crippen LogP contribution in [0, 0.1) is 6.92 Å². The Morgan fingerprint density at radius 3 is 2.23 bits per heavy atom. The van der Waals surface area contributed by atoms with Crippen molar-refractivity contribution >= 4 is 27.3 Å². The van der Waals surface area contributed by atoms with Gasteiger partial charge in [0.15, 0.2) is 0 Å². The van der Waals surface area contributed by atoms with Gasteiger partial charge >= 0.3 is 0 Å². The maximum atomic E-state index is 12.8. The fourth-order valence-electron chi connectivity index (χ4n) is 3.66. The van der Waals surface area contributed by atoms with E-state index in [9.17, 15) is 13.2 Å². The Kier molecular flexibility index (Phi) is 7.23. The number of anilines is 2. The van der Waals surface area contributed by atoms with Gasteiger partial charge in [-0.25, -0.2) is 8.42 Å². The zero-order chi connectivity index (χ0) is 22.6. The number of ether oxygens (including phenoxy) is 1. The molecule has 1 unspecified atom stereocenters. The molecule has 1 aliphatic heterocycles. The number of nitrogens with zero attached hydrogens (tertiary/aromatic N) is 2. The number of hydrogen-bond donors (Lipinski definition) is 1. The molecule has 168 valence electrons. The second-order valence-electron chi connectivity index (χ2n) is 8.20. The lowest BCUT2D eigenvalue weighted by molar-refractivity contribution is -0.116. The van der Waals surface area contributed by atoms with E-state index in [-0.39, 0.29) is 6.10 Å². The molecule has 31 heavy (non-hydrogen) atoms. The molecule has 0 aliphatic carbocycles. The SMILES string of the molecule is Cc1ccc(N(C(C)C(=O)Nc2ccc(OC3CCN(C)CC3)cc2)S(C)(=O)=O)cc1. The minimum absolute atomic E-state index is 0.203. The van der Waals surface area contributed by atoms with Crippen LogP contribution in [-0.4, -0.2) is 57.8 Å². The minimum Gasteiger partial charge on any atom is -0.490 e. The van der Waals surface area contributed by atoms with Gasteiger partial charge in [0.1, 0.15) is 17.9 Å². The molecule has 3 rings (SSSR count). The molecule has 2 aromatic carbocycles. The van der Waals surface area contributed by atoms with Gasteiger partial charge in [0.25, 0.3) is 0 Å². The fraction of sp³-hybridized carbons (Fsp3) is 0.435. The maximum Gasteiger partial charge on any atom is 0.247 e. The lowest BCUT2D eigenvalue weighted by Gasteiger charge is -2.29. The number of sulfonamides is 1. The molecule has 0 saturated carbocycles. The van der Waals surface area contributed by atoms with Gasteiger partial charge < -0.3 is 15.0 Å². The third-order valence-corrected chi connectivity index (χ3v) is 6.71. The zero-order valence-electron chi connectivity index (χ0n) is 18.5. The van der Waals surface area contributed by atoms with E-state index in [0.717, 1.165) is 47.8 Å². The van der Waals surface area contributed by atoms with Crippen LogP contribution in [0.15, 0.2) is 48.5 Å². The first-order valence-electron chi connectivity index (χ1n) is 10.5. The summed E-state index contributed by atoms with van der Waals surface area (Å²) in [7, 11) is -1.54. The topological polar surface area (TPSA) is 79.0 Å². The quantitative estimate of drug-likeness (QED) is 0.708. The van der Waals surface area contributed by atoms with Gasteiger partial charge in [0.05, 0.1) is 11.9 Å². The van der Waals surface area contributed by atoms with E-state index in [1.54, 1.807) is 31.2 Å². The van der Waals surface area contributed by atoms with Crippen molar-refractivity contribution in [2.45, 2.75) is 38.8 Å². The summed E-state index contributed by atoms with van der Waals surface area (Å²) in [5.74, 6) is 0.355. The summed E-state index contributed by atoms with van der Waals surface area (Å²) in [6.07, 6.45) is 3.29. The van der Waals surface area contributed by atoms with Gasteiger partial charge in [-0.2, -0.15) is 0 Å². The molecule has 7 nitrogen and oxygen atoms in total. The Bertz CT molecular complexity index is 982. The Labute approximate surface area is 185 Å². The van der Waals surface area contributed by atoms with Gasteiger partial charge in [0, 0.05) is 18.8 Å². The molecule has 0 bridgehead atoms. The molecule has 1 saturated heterocycles. The molecule has 0 aromatic heterocycles. The molecule has 8 heteroatoms. The van der Waals surface area contributed by atoms with E-state index in [0.29, 0.717) is 11.4 Å². The third kappa shape index (κ3) is 6.21. The Hall–Kier alpha value is -2.58. The standard InChI is InChI=1S/C23H31N3O4S/c1-17-5-9-20(10-6-17)26(31(4,28)29)18(2)23(27)24-19-7-11-21(12-8-19)30-22-13-15-25(3)16-14-22/h5-12,18,22H,13-16H2,1-4H3,(H,24,27). The second-order valence-corrected chi connectivity index (χ2v) is 10.1. The predicted octanol–water partition coefficient (Wildman–Crippen LogP) is 3.26. The van der Waals surface area contributed by atoms with Crippen LogP contribution in [0.3, 0.4) is 0 Å². The highest BCUT2D eigenvalue weighted by Crippen LogP contribution is 2.24. The summed E-state index contributed by atoms with van der Waals surface area (Å²) in [6, 6.07) is 13.3. The van der Waals surface area contributed by atoms with E-state index in [1.165, 1.54) is 0 Å². The normalized spacial score (nSPS) is 16.5. The molecule has 1 atom stereocenters. The summed E-state index contributed by atoms with van der Waals surface area (Å²) in [6.45, 7) is 5.54. The molecule has 1 N–H and O–H groups in total. The van der Waals surface area contributed by atoms with Crippen molar-refractivity contribution in [2.75, 3.05) is 36.0 Å². The highest BCUT2D eigenvalue weighted by molar-refractivity contribution is 7.92. The summed E-state index contributed by atoms with van der Waals surface area (Å²) in [4.78, 5) is 15.1. The van der Waals surface area contributed by atoms with Crippen LogP contribution >= 0.6 is 0 Å². The number of likely N-dealkylation sites (tertiary alicyclic amines) is 1. The summed E-state index contributed by atoms with van der Waals surface area (Å²) in [5, 5.41) is 2.80. The van der Waals surface area contributed by atoms with Gasteiger partial charge in [-0.15, -0.1) is 0 Å². The molecule has 1 amide bonds. The number of rotatable bonds is 7.